The molecule has 0 spiro atoms. The molecule has 0 saturated heterocycles. The molecule has 0 radical (unpaired) electrons. The lowest BCUT2D eigenvalue weighted by Crippen LogP contribution is -2.39. The van der Waals surface area contributed by atoms with Crippen LogP contribution < -0.4 is 14.2 Å². The van der Waals surface area contributed by atoms with E-state index in [9.17, 15) is 8.42 Å². The van der Waals surface area contributed by atoms with Gasteiger partial charge in [0.2, 0.25) is 11.8 Å². The van der Waals surface area contributed by atoms with Gasteiger partial charge < -0.3 is 14.0 Å². The van der Waals surface area contributed by atoms with E-state index in [1.165, 1.54) is 19.5 Å². The topological polar surface area (TPSA) is 108 Å². The SMILES string of the molecule is COc1cncc(OC2CCC(NS(=O)(=O)c3cn(C)c(C)n3)CC2)n1. The lowest BCUT2D eigenvalue weighted by Gasteiger charge is -2.28. The molecule has 9 nitrogen and oxygen atoms in total. The van der Waals surface area contributed by atoms with Gasteiger partial charge in [0.1, 0.15) is 11.9 Å². The van der Waals surface area contributed by atoms with Crippen LogP contribution in [0.1, 0.15) is 31.5 Å². The van der Waals surface area contributed by atoms with E-state index in [0.29, 0.717) is 30.4 Å². The summed E-state index contributed by atoms with van der Waals surface area (Å²) in [6.07, 6.45) is 7.39. The van der Waals surface area contributed by atoms with Gasteiger partial charge in [0.25, 0.3) is 10.0 Å². The largest absolute Gasteiger partial charge is 0.480 e. The molecule has 26 heavy (non-hydrogen) atoms. The zero-order chi connectivity index (χ0) is 18.7. The van der Waals surface area contributed by atoms with Crippen LogP contribution in [-0.4, -0.2) is 47.2 Å². The van der Waals surface area contributed by atoms with Crippen LogP contribution in [0.2, 0.25) is 0 Å². The predicted molar refractivity (Wildman–Crippen MR) is 93.5 cm³/mol. The van der Waals surface area contributed by atoms with Crippen molar-refractivity contribution in [3.8, 4) is 11.8 Å². The highest BCUT2D eigenvalue weighted by Crippen LogP contribution is 2.24. The first-order valence-electron chi connectivity index (χ1n) is 8.42. The number of nitrogens with zero attached hydrogens (tertiary/aromatic N) is 4. The van der Waals surface area contributed by atoms with E-state index in [2.05, 4.69) is 19.7 Å². The third kappa shape index (κ3) is 4.31. The van der Waals surface area contributed by atoms with Gasteiger partial charge in [0, 0.05) is 19.3 Å². The van der Waals surface area contributed by atoms with Gasteiger partial charge in [-0.3, -0.25) is 4.98 Å². The van der Waals surface area contributed by atoms with Gasteiger partial charge >= 0.3 is 0 Å². The average Bonchev–Trinajstić information content (AvgIpc) is 2.97. The Morgan fingerprint density at radius 3 is 2.46 bits per heavy atom. The van der Waals surface area contributed by atoms with Crippen LogP contribution >= 0.6 is 0 Å². The number of sulfonamides is 1. The van der Waals surface area contributed by atoms with Crippen LogP contribution in [0.4, 0.5) is 0 Å². The van der Waals surface area contributed by atoms with E-state index in [0.717, 1.165) is 12.8 Å². The predicted octanol–water partition coefficient (Wildman–Crippen LogP) is 1.20. The van der Waals surface area contributed by atoms with Crippen molar-refractivity contribution in [2.24, 2.45) is 7.05 Å². The molecule has 0 bridgehead atoms. The molecule has 2 aromatic rings. The zero-order valence-corrected chi connectivity index (χ0v) is 15.9. The van der Waals surface area contributed by atoms with E-state index in [1.54, 1.807) is 24.7 Å². The molecule has 3 rings (SSSR count). The molecule has 0 aliphatic heterocycles. The summed E-state index contributed by atoms with van der Waals surface area (Å²) in [4.78, 5) is 12.3. The van der Waals surface area contributed by atoms with Crippen molar-refractivity contribution >= 4 is 10.0 Å². The molecule has 142 valence electrons. The molecule has 10 heteroatoms. The fourth-order valence-corrected chi connectivity index (χ4v) is 4.24. The number of hydrogen-bond acceptors (Lipinski definition) is 7. The average molecular weight is 381 g/mol. The van der Waals surface area contributed by atoms with Crippen LogP contribution in [0.3, 0.4) is 0 Å². The number of aromatic nitrogens is 4. The van der Waals surface area contributed by atoms with Crippen molar-refractivity contribution < 1.29 is 17.9 Å². The normalized spacial score (nSPS) is 20.7. The maximum Gasteiger partial charge on any atom is 0.259 e. The third-order valence-electron chi connectivity index (χ3n) is 4.44. The van der Waals surface area contributed by atoms with Crippen molar-refractivity contribution in [2.75, 3.05) is 7.11 Å². The molecule has 1 saturated carbocycles. The lowest BCUT2D eigenvalue weighted by molar-refractivity contribution is 0.136. The van der Waals surface area contributed by atoms with Gasteiger partial charge in [-0.2, -0.15) is 4.98 Å². The fourth-order valence-electron chi connectivity index (χ4n) is 2.89. The molecule has 0 atom stereocenters. The minimum absolute atomic E-state index is 0.0192. The Balaban J connectivity index is 1.55. The Hall–Kier alpha value is -2.20. The Morgan fingerprint density at radius 1 is 1.15 bits per heavy atom. The number of hydrogen-bond donors (Lipinski definition) is 1. The van der Waals surface area contributed by atoms with Crippen LogP contribution in [0.25, 0.3) is 0 Å². The second-order valence-electron chi connectivity index (χ2n) is 6.35. The van der Waals surface area contributed by atoms with Gasteiger partial charge in [-0.15, -0.1) is 0 Å². The third-order valence-corrected chi connectivity index (χ3v) is 5.84. The van der Waals surface area contributed by atoms with Crippen molar-refractivity contribution in [3.63, 3.8) is 0 Å². The Bertz CT molecular complexity index is 840. The molecule has 1 fully saturated rings. The maximum absolute atomic E-state index is 12.5. The summed E-state index contributed by atoms with van der Waals surface area (Å²) >= 11 is 0. The van der Waals surface area contributed by atoms with Gasteiger partial charge in [-0.05, 0) is 32.6 Å². The molecular weight excluding hydrogens is 358 g/mol. The summed E-state index contributed by atoms with van der Waals surface area (Å²) in [5.41, 5.74) is 0. The van der Waals surface area contributed by atoms with Crippen molar-refractivity contribution in [2.45, 2.75) is 49.8 Å². The summed E-state index contributed by atoms with van der Waals surface area (Å²) in [6, 6.07) is -0.126. The number of imidazole rings is 1. The molecule has 0 unspecified atom stereocenters. The minimum Gasteiger partial charge on any atom is -0.480 e. The van der Waals surface area contributed by atoms with E-state index in [-0.39, 0.29) is 17.2 Å². The molecule has 1 aliphatic rings. The molecule has 1 aliphatic carbocycles. The van der Waals surface area contributed by atoms with Crippen LogP contribution in [0, 0.1) is 6.92 Å². The molecule has 2 aromatic heterocycles. The van der Waals surface area contributed by atoms with Crippen LogP contribution in [0.5, 0.6) is 11.8 Å². The monoisotopic (exact) mass is 381 g/mol. The van der Waals surface area contributed by atoms with Crippen LogP contribution in [-0.2, 0) is 17.1 Å². The molecule has 1 N–H and O–H groups in total. The second-order valence-corrected chi connectivity index (χ2v) is 8.01. The standard InChI is InChI=1S/C16H23N5O4S/c1-11-18-16(10-21(11)2)26(22,23)20-12-4-6-13(7-5-12)25-15-9-17-8-14(19-15)24-3/h8-10,12-13,20H,4-7H2,1-3H3. The summed E-state index contributed by atoms with van der Waals surface area (Å²) in [5, 5.41) is 0.0579. The minimum atomic E-state index is -3.61. The number of rotatable bonds is 6. The summed E-state index contributed by atoms with van der Waals surface area (Å²) in [6.45, 7) is 1.77. The molecule has 0 aromatic carbocycles. The fraction of sp³-hybridized carbons (Fsp3) is 0.562. The highest BCUT2D eigenvalue weighted by molar-refractivity contribution is 7.89. The van der Waals surface area contributed by atoms with Crippen LogP contribution in [0.15, 0.2) is 23.6 Å². The number of aryl methyl sites for hydroxylation is 2. The lowest BCUT2D eigenvalue weighted by atomic mass is 9.94. The smallest absolute Gasteiger partial charge is 0.259 e. The Labute approximate surface area is 152 Å². The van der Waals surface area contributed by atoms with Crippen molar-refractivity contribution in [1.29, 1.82) is 0 Å². The summed E-state index contributed by atoms with van der Waals surface area (Å²) in [7, 11) is -0.317. The first kappa shape index (κ1) is 18.6. The van der Waals surface area contributed by atoms with Crippen molar-refractivity contribution in [1.82, 2.24) is 24.2 Å². The molecule has 0 amide bonds. The second kappa shape index (κ2) is 7.58. The summed E-state index contributed by atoms with van der Waals surface area (Å²) in [5.74, 6) is 1.47. The number of ether oxygens (including phenoxy) is 2. The Kier molecular flexibility index (Phi) is 5.42. The quantitative estimate of drug-likeness (QED) is 0.801. The first-order valence-corrected chi connectivity index (χ1v) is 9.90. The van der Waals surface area contributed by atoms with Gasteiger partial charge in [0.15, 0.2) is 5.03 Å². The van der Waals surface area contributed by atoms with E-state index in [1.807, 2.05) is 0 Å². The van der Waals surface area contributed by atoms with Gasteiger partial charge in [-0.1, -0.05) is 0 Å². The van der Waals surface area contributed by atoms with Gasteiger partial charge in [0.05, 0.1) is 19.5 Å². The highest BCUT2D eigenvalue weighted by Gasteiger charge is 2.28. The van der Waals surface area contributed by atoms with E-state index in [4.69, 9.17) is 9.47 Å². The maximum atomic E-state index is 12.5. The highest BCUT2D eigenvalue weighted by atomic mass is 32.2. The number of nitrogens with one attached hydrogen (secondary N) is 1. The number of methoxy groups -OCH3 is 1. The first-order chi connectivity index (χ1) is 12.4. The zero-order valence-electron chi connectivity index (χ0n) is 15.0. The van der Waals surface area contributed by atoms with E-state index < -0.39 is 10.0 Å². The van der Waals surface area contributed by atoms with Crippen molar-refractivity contribution in [3.05, 3.63) is 24.4 Å². The molecular formula is C16H23N5O4S. The summed E-state index contributed by atoms with van der Waals surface area (Å²) < 4.78 is 40.2. The van der Waals surface area contributed by atoms with E-state index >= 15 is 0 Å². The van der Waals surface area contributed by atoms with Gasteiger partial charge in [-0.25, -0.2) is 18.1 Å². The Morgan fingerprint density at radius 2 is 1.85 bits per heavy atom. The molecule has 2 heterocycles.